The summed E-state index contributed by atoms with van der Waals surface area (Å²) in [5.41, 5.74) is 9.34. The number of hydrogen-bond donors (Lipinski definition) is 1. The SMILES string of the molecule is Cc1ccc(-c2cnc(C3(CN)CC3)nc2)cc1. The molecule has 3 heteroatoms. The van der Waals surface area contributed by atoms with Crippen molar-refractivity contribution in [2.24, 2.45) is 5.73 Å². The molecule has 0 bridgehead atoms. The van der Waals surface area contributed by atoms with Gasteiger partial charge in [-0.25, -0.2) is 9.97 Å². The van der Waals surface area contributed by atoms with E-state index in [1.54, 1.807) is 0 Å². The first-order chi connectivity index (χ1) is 8.73. The number of hydrogen-bond acceptors (Lipinski definition) is 3. The topological polar surface area (TPSA) is 51.8 Å². The smallest absolute Gasteiger partial charge is 0.135 e. The minimum absolute atomic E-state index is 0.0752. The van der Waals surface area contributed by atoms with Gasteiger partial charge in [-0.15, -0.1) is 0 Å². The zero-order chi connectivity index (χ0) is 12.6. The molecule has 3 nitrogen and oxygen atoms in total. The maximum Gasteiger partial charge on any atom is 0.135 e. The lowest BCUT2D eigenvalue weighted by atomic mass is 10.1. The highest BCUT2D eigenvalue weighted by Crippen LogP contribution is 2.45. The van der Waals surface area contributed by atoms with E-state index >= 15 is 0 Å². The van der Waals surface area contributed by atoms with Crippen molar-refractivity contribution in [1.82, 2.24) is 9.97 Å². The van der Waals surface area contributed by atoms with Gasteiger partial charge in [-0.3, -0.25) is 0 Å². The van der Waals surface area contributed by atoms with Crippen LogP contribution in [0.15, 0.2) is 36.7 Å². The molecule has 1 aliphatic rings. The molecule has 2 aromatic rings. The number of rotatable bonds is 3. The monoisotopic (exact) mass is 239 g/mol. The Morgan fingerprint density at radius 1 is 1.06 bits per heavy atom. The fourth-order valence-corrected chi connectivity index (χ4v) is 2.17. The average Bonchev–Trinajstić information content (AvgIpc) is 3.21. The van der Waals surface area contributed by atoms with E-state index in [-0.39, 0.29) is 5.41 Å². The summed E-state index contributed by atoms with van der Waals surface area (Å²) in [4.78, 5) is 8.98. The molecule has 2 N–H and O–H groups in total. The van der Waals surface area contributed by atoms with E-state index in [1.165, 1.54) is 5.56 Å². The molecule has 0 spiro atoms. The van der Waals surface area contributed by atoms with Crippen LogP contribution < -0.4 is 5.73 Å². The number of benzene rings is 1. The molecule has 1 aromatic heterocycles. The van der Waals surface area contributed by atoms with Gasteiger partial charge in [-0.1, -0.05) is 29.8 Å². The lowest BCUT2D eigenvalue weighted by Gasteiger charge is -2.10. The van der Waals surface area contributed by atoms with E-state index in [0.717, 1.165) is 29.8 Å². The van der Waals surface area contributed by atoms with Crippen molar-refractivity contribution in [1.29, 1.82) is 0 Å². The van der Waals surface area contributed by atoms with E-state index in [2.05, 4.69) is 41.2 Å². The number of nitrogens with zero attached hydrogens (tertiary/aromatic N) is 2. The maximum absolute atomic E-state index is 5.79. The highest BCUT2D eigenvalue weighted by molar-refractivity contribution is 5.61. The first-order valence-corrected chi connectivity index (χ1v) is 6.33. The molecule has 0 radical (unpaired) electrons. The molecule has 0 amide bonds. The molecule has 3 rings (SSSR count). The van der Waals surface area contributed by atoms with Gasteiger partial charge in [-0.2, -0.15) is 0 Å². The van der Waals surface area contributed by atoms with E-state index < -0.39 is 0 Å². The Labute approximate surface area is 107 Å². The second kappa shape index (κ2) is 4.18. The van der Waals surface area contributed by atoms with Crippen molar-refractivity contribution in [3.8, 4) is 11.1 Å². The van der Waals surface area contributed by atoms with Crippen LogP contribution in [0.4, 0.5) is 0 Å². The molecular formula is C15H17N3. The summed E-state index contributed by atoms with van der Waals surface area (Å²) < 4.78 is 0. The van der Waals surface area contributed by atoms with Crippen LogP contribution in [0.2, 0.25) is 0 Å². The van der Waals surface area contributed by atoms with Gasteiger partial charge in [0, 0.05) is 29.9 Å². The van der Waals surface area contributed by atoms with Gasteiger partial charge in [0.15, 0.2) is 0 Å². The zero-order valence-corrected chi connectivity index (χ0v) is 10.6. The molecule has 1 aliphatic carbocycles. The van der Waals surface area contributed by atoms with Gasteiger partial charge in [-0.05, 0) is 25.3 Å². The molecule has 0 unspecified atom stereocenters. The number of nitrogens with two attached hydrogens (primary N) is 1. The summed E-state index contributed by atoms with van der Waals surface area (Å²) in [6.07, 6.45) is 6.05. The first kappa shape index (κ1) is 11.4. The van der Waals surface area contributed by atoms with E-state index in [4.69, 9.17) is 5.73 Å². The van der Waals surface area contributed by atoms with Crippen LogP contribution in [-0.2, 0) is 5.41 Å². The maximum atomic E-state index is 5.79. The standard InChI is InChI=1S/C15H17N3/c1-11-2-4-12(5-3-11)13-8-17-14(18-9-13)15(10-16)6-7-15/h2-5,8-9H,6-7,10,16H2,1H3. The average molecular weight is 239 g/mol. The van der Waals surface area contributed by atoms with Crippen LogP contribution in [-0.4, -0.2) is 16.5 Å². The molecule has 18 heavy (non-hydrogen) atoms. The Morgan fingerprint density at radius 2 is 1.67 bits per heavy atom. The Kier molecular flexibility index (Phi) is 2.63. The fourth-order valence-electron chi connectivity index (χ4n) is 2.17. The van der Waals surface area contributed by atoms with Crippen molar-refractivity contribution >= 4 is 0 Å². The predicted molar refractivity (Wildman–Crippen MR) is 72.2 cm³/mol. The second-order valence-electron chi connectivity index (χ2n) is 5.15. The molecular weight excluding hydrogens is 222 g/mol. The zero-order valence-electron chi connectivity index (χ0n) is 10.6. The summed E-state index contributed by atoms with van der Waals surface area (Å²) in [5.74, 6) is 0.904. The number of aromatic nitrogens is 2. The van der Waals surface area contributed by atoms with Crippen molar-refractivity contribution in [2.75, 3.05) is 6.54 Å². The Balaban J connectivity index is 1.89. The van der Waals surface area contributed by atoms with E-state index in [9.17, 15) is 0 Å². The van der Waals surface area contributed by atoms with Gasteiger partial charge in [0.1, 0.15) is 5.82 Å². The molecule has 0 atom stereocenters. The highest BCUT2D eigenvalue weighted by Gasteiger charge is 2.45. The normalized spacial score (nSPS) is 16.6. The van der Waals surface area contributed by atoms with Crippen LogP contribution in [0, 0.1) is 6.92 Å². The first-order valence-electron chi connectivity index (χ1n) is 6.33. The van der Waals surface area contributed by atoms with Crippen LogP contribution in [0.1, 0.15) is 24.2 Å². The molecule has 0 saturated heterocycles. The van der Waals surface area contributed by atoms with Gasteiger partial charge < -0.3 is 5.73 Å². The van der Waals surface area contributed by atoms with Crippen molar-refractivity contribution in [3.05, 3.63) is 48.0 Å². The Hall–Kier alpha value is -1.74. The number of aryl methyl sites for hydroxylation is 1. The lowest BCUT2D eigenvalue weighted by Crippen LogP contribution is -2.22. The minimum Gasteiger partial charge on any atom is -0.329 e. The Bertz CT molecular complexity index is 539. The molecule has 1 saturated carbocycles. The molecule has 1 heterocycles. The third-order valence-electron chi connectivity index (χ3n) is 3.76. The summed E-state index contributed by atoms with van der Waals surface area (Å²) in [6.45, 7) is 2.73. The quantitative estimate of drug-likeness (QED) is 0.895. The predicted octanol–water partition coefficient (Wildman–Crippen LogP) is 2.44. The molecule has 0 aliphatic heterocycles. The third kappa shape index (κ3) is 1.91. The minimum atomic E-state index is 0.0752. The van der Waals surface area contributed by atoms with Gasteiger partial charge in [0.2, 0.25) is 0 Å². The van der Waals surface area contributed by atoms with Crippen molar-refractivity contribution in [2.45, 2.75) is 25.2 Å². The molecule has 92 valence electrons. The van der Waals surface area contributed by atoms with Crippen LogP contribution in [0.25, 0.3) is 11.1 Å². The van der Waals surface area contributed by atoms with Gasteiger partial charge in [0.05, 0.1) is 0 Å². The molecule has 1 fully saturated rings. The summed E-state index contributed by atoms with van der Waals surface area (Å²) in [5, 5.41) is 0. The van der Waals surface area contributed by atoms with Crippen LogP contribution in [0.3, 0.4) is 0 Å². The van der Waals surface area contributed by atoms with Gasteiger partial charge in [0.25, 0.3) is 0 Å². The van der Waals surface area contributed by atoms with Crippen LogP contribution >= 0.6 is 0 Å². The summed E-state index contributed by atoms with van der Waals surface area (Å²) in [6, 6.07) is 8.41. The summed E-state index contributed by atoms with van der Waals surface area (Å²) in [7, 11) is 0. The van der Waals surface area contributed by atoms with E-state index in [0.29, 0.717) is 6.54 Å². The molecule has 1 aromatic carbocycles. The van der Waals surface area contributed by atoms with Crippen molar-refractivity contribution < 1.29 is 0 Å². The lowest BCUT2D eigenvalue weighted by molar-refractivity contribution is 0.649. The van der Waals surface area contributed by atoms with Crippen molar-refractivity contribution in [3.63, 3.8) is 0 Å². The third-order valence-corrected chi connectivity index (χ3v) is 3.76. The van der Waals surface area contributed by atoms with Gasteiger partial charge >= 0.3 is 0 Å². The summed E-state index contributed by atoms with van der Waals surface area (Å²) >= 11 is 0. The highest BCUT2D eigenvalue weighted by atomic mass is 14.9. The second-order valence-corrected chi connectivity index (χ2v) is 5.15. The largest absolute Gasteiger partial charge is 0.329 e. The van der Waals surface area contributed by atoms with E-state index in [1.807, 2.05) is 12.4 Å². The fraction of sp³-hybridized carbons (Fsp3) is 0.333. The van der Waals surface area contributed by atoms with Crippen LogP contribution in [0.5, 0.6) is 0 Å². The Morgan fingerprint density at radius 3 is 2.17 bits per heavy atom.